The molecule has 2 saturated heterocycles. The normalized spacial score (nSPS) is 18.6. The van der Waals surface area contributed by atoms with E-state index in [-0.39, 0.29) is 12.1 Å². The van der Waals surface area contributed by atoms with Crippen LogP contribution < -0.4 is 0 Å². The van der Waals surface area contributed by atoms with Gasteiger partial charge in [-0.05, 0) is 69.8 Å². The molecule has 2 aliphatic rings. The SMILES string of the molecule is Cc1ccc2c(C3CCN(CCN4CCN(C(C)C)C4=O)CC3)cn(-c3ccoc3)c2c1. The fourth-order valence-electron chi connectivity index (χ4n) is 5.31. The maximum atomic E-state index is 12.5. The van der Waals surface area contributed by atoms with Crippen molar-refractivity contribution in [1.82, 2.24) is 19.3 Å². The molecule has 2 aromatic heterocycles. The summed E-state index contributed by atoms with van der Waals surface area (Å²) >= 11 is 0. The molecule has 2 aliphatic heterocycles. The second-order valence-corrected chi connectivity index (χ2v) is 9.63. The molecular weight excluding hydrogens is 400 g/mol. The monoisotopic (exact) mass is 434 g/mol. The van der Waals surface area contributed by atoms with Gasteiger partial charge in [-0.15, -0.1) is 0 Å². The first-order valence-electron chi connectivity index (χ1n) is 11.9. The first kappa shape index (κ1) is 21.1. The fraction of sp³-hybridized carbons (Fsp3) is 0.500. The molecule has 0 bridgehead atoms. The quantitative estimate of drug-likeness (QED) is 0.557. The highest BCUT2D eigenvalue weighted by molar-refractivity contribution is 5.86. The second kappa shape index (κ2) is 8.66. The number of rotatable bonds is 6. The summed E-state index contributed by atoms with van der Waals surface area (Å²) in [5.41, 5.74) is 5.05. The zero-order valence-corrected chi connectivity index (χ0v) is 19.5. The molecule has 0 atom stereocenters. The van der Waals surface area contributed by atoms with Crippen molar-refractivity contribution in [3.05, 3.63) is 54.1 Å². The maximum absolute atomic E-state index is 12.5. The van der Waals surface area contributed by atoms with Crippen LogP contribution in [0.1, 0.15) is 43.7 Å². The number of carbonyl (C=O) groups excluding carboxylic acids is 1. The number of aryl methyl sites for hydroxylation is 1. The van der Waals surface area contributed by atoms with Crippen LogP contribution in [-0.2, 0) is 0 Å². The van der Waals surface area contributed by atoms with Gasteiger partial charge in [0, 0.05) is 49.9 Å². The highest BCUT2D eigenvalue weighted by atomic mass is 16.3. The third-order valence-electron chi connectivity index (χ3n) is 7.24. The average molecular weight is 435 g/mol. The molecule has 5 rings (SSSR count). The van der Waals surface area contributed by atoms with Crippen LogP contribution in [0.3, 0.4) is 0 Å². The summed E-state index contributed by atoms with van der Waals surface area (Å²) in [5, 5.41) is 1.35. The number of urea groups is 1. The lowest BCUT2D eigenvalue weighted by Gasteiger charge is -2.33. The first-order chi connectivity index (χ1) is 15.5. The van der Waals surface area contributed by atoms with Crippen LogP contribution in [0.4, 0.5) is 4.79 Å². The van der Waals surface area contributed by atoms with E-state index in [1.165, 1.54) is 22.0 Å². The summed E-state index contributed by atoms with van der Waals surface area (Å²) in [4.78, 5) is 19.1. The molecule has 6 nitrogen and oxygen atoms in total. The van der Waals surface area contributed by atoms with Crippen molar-refractivity contribution in [3.63, 3.8) is 0 Å². The number of likely N-dealkylation sites (tertiary alicyclic amines) is 1. The van der Waals surface area contributed by atoms with Gasteiger partial charge in [0.25, 0.3) is 0 Å². The molecule has 2 amide bonds. The Morgan fingerprint density at radius 1 is 1.06 bits per heavy atom. The lowest BCUT2D eigenvalue weighted by atomic mass is 9.89. The average Bonchev–Trinajstić information content (AvgIpc) is 3.51. The number of furan rings is 1. The molecule has 4 heterocycles. The Hall–Kier alpha value is -2.73. The van der Waals surface area contributed by atoms with Gasteiger partial charge in [0.05, 0.1) is 17.5 Å². The summed E-state index contributed by atoms with van der Waals surface area (Å²) in [7, 11) is 0. The van der Waals surface area contributed by atoms with Crippen LogP contribution in [0.5, 0.6) is 0 Å². The number of fused-ring (bicyclic) bond motifs is 1. The maximum Gasteiger partial charge on any atom is 0.320 e. The summed E-state index contributed by atoms with van der Waals surface area (Å²) in [6.45, 7) is 12.0. The minimum absolute atomic E-state index is 0.206. The van der Waals surface area contributed by atoms with Crippen LogP contribution in [0.15, 0.2) is 47.4 Å². The third kappa shape index (κ3) is 3.92. The first-order valence-corrected chi connectivity index (χ1v) is 11.9. The Morgan fingerprint density at radius 3 is 2.56 bits per heavy atom. The number of carbonyl (C=O) groups is 1. The van der Waals surface area contributed by atoms with Crippen molar-refractivity contribution in [2.75, 3.05) is 39.3 Å². The Morgan fingerprint density at radius 2 is 1.88 bits per heavy atom. The number of benzene rings is 1. The summed E-state index contributed by atoms with van der Waals surface area (Å²) in [5.74, 6) is 0.564. The third-order valence-corrected chi connectivity index (χ3v) is 7.24. The highest BCUT2D eigenvalue weighted by Crippen LogP contribution is 2.36. The smallest absolute Gasteiger partial charge is 0.320 e. The number of hydrogen-bond donors (Lipinski definition) is 0. The fourth-order valence-corrected chi connectivity index (χ4v) is 5.31. The van der Waals surface area contributed by atoms with E-state index in [1.807, 2.05) is 22.1 Å². The van der Waals surface area contributed by atoms with Crippen LogP contribution >= 0.6 is 0 Å². The highest BCUT2D eigenvalue weighted by Gasteiger charge is 2.31. The molecule has 0 aliphatic carbocycles. The largest absolute Gasteiger partial charge is 0.470 e. The van der Waals surface area contributed by atoms with Crippen LogP contribution in [-0.4, -0.2) is 70.6 Å². The molecule has 1 aromatic carbocycles. The molecule has 0 spiro atoms. The predicted molar refractivity (Wildman–Crippen MR) is 128 cm³/mol. The number of piperidine rings is 1. The molecule has 0 radical (unpaired) electrons. The van der Waals surface area contributed by atoms with E-state index < -0.39 is 0 Å². The van der Waals surface area contributed by atoms with Crippen LogP contribution in [0.2, 0.25) is 0 Å². The Balaban J connectivity index is 1.25. The molecular formula is C26H34N4O2. The number of hydrogen-bond acceptors (Lipinski definition) is 3. The molecule has 6 heteroatoms. The Bertz CT molecular complexity index is 1080. The van der Waals surface area contributed by atoms with Crippen molar-refractivity contribution >= 4 is 16.9 Å². The van der Waals surface area contributed by atoms with Gasteiger partial charge >= 0.3 is 6.03 Å². The van der Waals surface area contributed by atoms with Gasteiger partial charge in [0.2, 0.25) is 0 Å². The van der Waals surface area contributed by atoms with Crippen LogP contribution in [0, 0.1) is 6.92 Å². The molecule has 3 aromatic rings. The Labute approximate surface area is 190 Å². The van der Waals surface area contributed by atoms with E-state index in [9.17, 15) is 4.79 Å². The van der Waals surface area contributed by atoms with Gasteiger partial charge in [-0.1, -0.05) is 12.1 Å². The molecule has 170 valence electrons. The van der Waals surface area contributed by atoms with E-state index >= 15 is 0 Å². The van der Waals surface area contributed by atoms with E-state index in [4.69, 9.17) is 4.42 Å². The van der Waals surface area contributed by atoms with E-state index in [2.05, 4.69) is 54.6 Å². The second-order valence-electron chi connectivity index (χ2n) is 9.63. The lowest BCUT2D eigenvalue weighted by Crippen LogP contribution is -2.41. The van der Waals surface area contributed by atoms with Gasteiger partial charge in [0.15, 0.2) is 0 Å². The van der Waals surface area contributed by atoms with E-state index in [0.717, 1.165) is 57.8 Å². The van der Waals surface area contributed by atoms with Crippen molar-refractivity contribution in [2.24, 2.45) is 0 Å². The van der Waals surface area contributed by atoms with Gasteiger partial charge < -0.3 is 23.7 Å². The number of amides is 2. The van der Waals surface area contributed by atoms with Gasteiger partial charge in [-0.25, -0.2) is 4.79 Å². The summed E-state index contributed by atoms with van der Waals surface area (Å²) in [6, 6.07) is 9.28. The summed E-state index contributed by atoms with van der Waals surface area (Å²) in [6.07, 6.45) is 8.18. The molecule has 0 saturated carbocycles. The zero-order valence-electron chi connectivity index (χ0n) is 19.5. The topological polar surface area (TPSA) is 44.9 Å². The standard InChI is InChI=1S/C26H34N4O2/c1-19(2)29-14-13-28(26(29)31)12-11-27-9-6-21(7-10-27)24-17-30(22-8-15-32-18-22)25-16-20(3)4-5-23(24)25/h4-5,8,15-19,21H,6-7,9-14H2,1-3H3. The zero-order chi connectivity index (χ0) is 22.2. The molecule has 32 heavy (non-hydrogen) atoms. The molecule has 0 N–H and O–H groups in total. The van der Waals surface area contributed by atoms with E-state index in [0.29, 0.717) is 5.92 Å². The predicted octanol–water partition coefficient (Wildman–Crippen LogP) is 4.86. The molecule has 0 unspecified atom stereocenters. The summed E-state index contributed by atoms with van der Waals surface area (Å²) < 4.78 is 7.63. The van der Waals surface area contributed by atoms with Gasteiger partial charge in [-0.3, -0.25) is 0 Å². The van der Waals surface area contributed by atoms with Crippen molar-refractivity contribution in [3.8, 4) is 5.69 Å². The van der Waals surface area contributed by atoms with Crippen molar-refractivity contribution < 1.29 is 9.21 Å². The Kier molecular flexibility index (Phi) is 5.72. The minimum Gasteiger partial charge on any atom is -0.470 e. The van der Waals surface area contributed by atoms with Crippen molar-refractivity contribution in [2.45, 2.75) is 45.6 Å². The minimum atomic E-state index is 0.206. The van der Waals surface area contributed by atoms with Gasteiger partial charge in [0.1, 0.15) is 6.26 Å². The lowest BCUT2D eigenvalue weighted by molar-refractivity contribution is 0.166. The molecule has 2 fully saturated rings. The van der Waals surface area contributed by atoms with E-state index in [1.54, 1.807) is 6.26 Å². The van der Waals surface area contributed by atoms with Crippen LogP contribution in [0.25, 0.3) is 16.6 Å². The number of aromatic nitrogens is 1. The number of nitrogens with zero attached hydrogens (tertiary/aromatic N) is 4. The van der Waals surface area contributed by atoms with Crippen molar-refractivity contribution in [1.29, 1.82) is 0 Å². The van der Waals surface area contributed by atoms with Gasteiger partial charge in [-0.2, -0.15) is 0 Å².